The van der Waals surface area contributed by atoms with Crippen LogP contribution < -0.4 is 0 Å². The molecule has 0 amide bonds. The second kappa shape index (κ2) is 4.92. The molecule has 1 aromatic rings. The minimum atomic E-state index is -1.06. The monoisotopic (exact) mass is 248 g/mol. The number of benzene rings is 1. The number of esters is 1. The zero-order valence-electron chi connectivity index (χ0n) is 10.4. The van der Waals surface area contributed by atoms with Gasteiger partial charge in [0, 0.05) is 6.08 Å². The van der Waals surface area contributed by atoms with Gasteiger partial charge in [-0.05, 0) is 18.6 Å². The van der Waals surface area contributed by atoms with Gasteiger partial charge >= 0.3 is 5.97 Å². The minimum Gasteiger partial charge on any atom is -0.466 e. The first-order valence-corrected chi connectivity index (χ1v) is 5.75. The third-order valence-corrected chi connectivity index (χ3v) is 3.06. The van der Waals surface area contributed by atoms with Crippen molar-refractivity contribution in [1.29, 1.82) is 0 Å². The highest BCUT2D eigenvalue weighted by Gasteiger charge is 2.50. The number of methoxy groups -OCH3 is 1. The van der Waals surface area contributed by atoms with Crippen LogP contribution in [-0.4, -0.2) is 30.4 Å². The molecule has 4 heteroatoms. The Hall–Kier alpha value is -1.65. The summed E-state index contributed by atoms with van der Waals surface area (Å²) in [5, 5.41) is 10.4. The lowest BCUT2D eigenvalue weighted by atomic mass is 9.91. The maximum absolute atomic E-state index is 10.9. The maximum Gasteiger partial charge on any atom is 0.330 e. The SMILES string of the molecule is COC(=O)/C=C/[C@@H]1O[C@H]1[C@@](C)(O)c1ccccc1. The van der Waals surface area contributed by atoms with Crippen molar-refractivity contribution in [3.8, 4) is 0 Å². The number of epoxide rings is 1. The number of carbonyl (C=O) groups excluding carboxylic acids is 1. The van der Waals surface area contributed by atoms with E-state index in [2.05, 4.69) is 4.74 Å². The third-order valence-electron chi connectivity index (χ3n) is 3.06. The van der Waals surface area contributed by atoms with Gasteiger partial charge in [0.25, 0.3) is 0 Å². The second-order valence-corrected chi connectivity index (χ2v) is 4.42. The van der Waals surface area contributed by atoms with Crippen molar-refractivity contribution in [2.75, 3.05) is 7.11 Å². The molecule has 1 fully saturated rings. The van der Waals surface area contributed by atoms with Crippen molar-refractivity contribution in [2.45, 2.75) is 24.7 Å². The number of hydrogen-bond donors (Lipinski definition) is 1. The highest BCUT2D eigenvalue weighted by molar-refractivity contribution is 5.81. The van der Waals surface area contributed by atoms with Gasteiger partial charge in [-0.2, -0.15) is 0 Å². The Balaban J connectivity index is 2.02. The van der Waals surface area contributed by atoms with Crippen LogP contribution in [0.2, 0.25) is 0 Å². The van der Waals surface area contributed by atoms with Crippen LogP contribution in [0.25, 0.3) is 0 Å². The molecule has 3 atom stereocenters. The number of carbonyl (C=O) groups is 1. The van der Waals surface area contributed by atoms with E-state index in [0.717, 1.165) is 5.56 Å². The van der Waals surface area contributed by atoms with E-state index in [-0.39, 0.29) is 12.2 Å². The number of hydrogen-bond acceptors (Lipinski definition) is 4. The lowest BCUT2D eigenvalue weighted by molar-refractivity contribution is -0.134. The van der Waals surface area contributed by atoms with Crippen LogP contribution >= 0.6 is 0 Å². The van der Waals surface area contributed by atoms with Crippen LogP contribution in [0.3, 0.4) is 0 Å². The van der Waals surface area contributed by atoms with Crippen LogP contribution in [0.4, 0.5) is 0 Å². The summed E-state index contributed by atoms with van der Waals surface area (Å²) in [4.78, 5) is 10.9. The summed E-state index contributed by atoms with van der Waals surface area (Å²) in [5.74, 6) is -0.427. The summed E-state index contributed by atoms with van der Waals surface area (Å²) < 4.78 is 9.88. The van der Waals surface area contributed by atoms with Gasteiger partial charge in [-0.15, -0.1) is 0 Å². The van der Waals surface area contributed by atoms with E-state index in [1.165, 1.54) is 13.2 Å². The van der Waals surface area contributed by atoms with Crippen molar-refractivity contribution < 1.29 is 19.4 Å². The molecule has 1 aliphatic rings. The lowest BCUT2D eigenvalue weighted by Gasteiger charge is -2.21. The van der Waals surface area contributed by atoms with E-state index in [0.29, 0.717) is 0 Å². The van der Waals surface area contributed by atoms with Gasteiger partial charge in [0.05, 0.1) is 7.11 Å². The van der Waals surface area contributed by atoms with Gasteiger partial charge in [-0.25, -0.2) is 4.79 Å². The average Bonchev–Trinajstić information content (AvgIpc) is 3.17. The molecule has 0 radical (unpaired) electrons. The van der Waals surface area contributed by atoms with Crippen molar-refractivity contribution >= 4 is 5.97 Å². The predicted octanol–water partition coefficient (Wildman–Crippen LogP) is 1.39. The molecular formula is C14H16O4. The second-order valence-electron chi connectivity index (χ2n) is 4.42. The Morgan fingerprint density at radius 2 is 2.11 bits per heavy atom. The Morgan fingerprint density at radius 1 is 1.44 bits per heavy atom. The molecule has 0 saturated carbocycles. The number of aliphatic hydroxyl groups is 1. The molecule has 2 rings (SSSR count). The Kier molecular flexibility index (Phi) is 3.50. The van der Waals surface area contributed by atoms with Crippen molar-refractivity contribution in [1.82, 2.24) is 0 Å². The van der Waals surface area contributed by atoms with Gasteiger partial charge in [-0.3, -0.25) is 0 Å². The van der Waals surface area contributed by atoms with Crippen molar-refractivity contribution in [2.24, 2.45) is 0 Å². The molecule has 1 heterocycles. The van der Waals surface area contributed by atoms with Crippen LogP contribution in [0.5, 0.6) is 0 Å². The van der Waals surface area contributed by atoms with E-state index in [4.69, 9.17) is 4.74 Å². The Labute approximate surface area is 106 Å². The van der Waals surface area contributed by atoms with Crippen molar-refractivity contribution in [3.63, 3.8) is 0 Å². The molecule has 1 aromatic carbocycles. The van der Waals surface area contributed by atoms with Crippen molar-refractivity contribution in [3.05, 3.63) is 48.0 Å². The number of rotatable bonds is 4. The summed E-state index contributed by atoms with van der Waals surface area (Å²) >= 11 is 0. The molecule has 1 aliphatic heterocycles. The van der Waals surface area contributed by atoms with Gasteiger partial charge < -0.3 is 14.6 Å². The largest absolute Gasteiger partial charge is 0.466 e. The van der Waals surface area contributed by atoms with E-state index >= 15 is 0 Å². The van der Waals surface area contributed by atoms with Gasteiger partial charge in [0.2, 0.25) is 0 Å². The highest BCUT2D eigenvalue weighted by Crippen LogP contribution is 2.39. The molecule has 96 valence electrons. The van der Waals surface area contributed by atoms with E-state index in [1.54, 1.807) is 13.0 Å². The zero-order valence-corrected chi connectivity index (χ0v) is 10.4. The molecule has 0 aliphatic carbocycles. The molecular weight excluding hydrogens is 232 g/mol. The van der Waals surface area contributed by atoms with Gasteiger partial charge in [0.1, 0.15) is 17.8 Å². The fourth-order valence-corrected chi connectivity index (χ4v) is 1.90. The fourth-order valence-electron chi connectivity index (χ4n) is 1.90. The summed E-state index contributed by atoms with van der Waals surface area (Å²) in [6.07, 6.45) is 2.33. The fraction of sp³-hybridized carbons (Fsp3) is 0.357. The van der Waals surface area contributed by atoms with Crippen LogP contribution in [-0.2, 0) is 19.9 Å². The predicted molar refractivity (Wildman–Crippen MR) is 65.8 cm³/mol. The molecule has 4 nitrogen and oxygen atoms in total. The standard InChI is InChI=1S/C14H16O4/c1-14(16,10-6-4-3-5-7-10)13-11(18-13)8-9-12(15)17-2/h3-9,11,13,16H,1-2H3/b9-8+/t11-,13+,14-/m0/s1. The smallest absolute Gasteiger partial charge is 0.330 e. The normalized spacial score (nSPS) is 25.7. The first kappa shape index (κ1) is 12.8. The average molecular weight is 248 g/mol. The van der Waals surface area contributed by atoms with E-state index in [1.807, 2.05) is 30.3 Å². The van der Waals surface area contributed by atoms with E-state index < -0.39 is 11.6 Å². The van der Waals surface area contributed by atoms with Crippen LogP contribution in [0, 0.1) is 0 Å². The van der Waals surface area contributed by atoms with Crippen LogP contribution in [0.1, 0.15) is 12.5 Å². The zero-order chi connectivity index (χ0) is 13.2. The quantitative estimate of drug-likeness (QED) is 0.497. The molecule has 0 unspecified atom stereocenters. The molecule has 18 heavy (non-hydrogen) atoms. The summed E-state index contributed by atoms with van der Waals surface area (Å²) in [6, 6.07) is 9.32. The molecule has 1 N–H and O–H groups in total. The molecule has 1 saturated heterocycles. The first-order valence-electron chi connectivity index (χ1n) is 5.75. The first-order chi connectivity index (χ1) is 8.55. The number of ether oxygens (including phenoxy) is 2. The van der Waals surface area contributed by atoms with Gasteiger partial charge in [0.15, 0.2) is 0 Å². The highest BCUT2D eigenvalue weighted by atomic mass is 16.6. The molecule has 0 aromatic heterocycles. The summed E-state index contributed by atoms with van der Waals surface area (Å²) in [5.41, 5.74) is -0.268. The topological polar surface area (TPSA) is 59.1 Å². The molecule has 0 bridgehead atoms. The Bertz CT molecular complexity index is 450. The van der Waals surface area contributed by atoms with Crippen LogP contribution in [0.15, 0.2) is 42.5 Å². The third kappa shape index (κ3) is 2.60. The van der Waals surface area contributed by atoms with E-state index in [9.17, 15) is 9.90 Å². The summed E-state index contributed by atoms with van der Waals surface area (Å²) in [6.45, 7) is 1.71. The lowest BCUT2D eigenvalue weighted by Crippen LogP contribution is -2.29. The maximum atomic E-state index is 10.9. The summed E-state index contributed by atoms with van der Waals surface area (Å²) in [7, 11) is 1.32. The molecule has 0 spiro atoms. The Morgan fingerprint density at radius 3 is 2.72 bits per heavy atom. The minimum absolute atomic E-state index is 0.251. The van der Waals surface area contributed by atoms with Gasteiger partial charge in [-0.1, -0.05) is 30.3 Å².